The number of nitrogens with zero attached hydrogens (tertiary/aromatic N) is 3. The number of alkyl halides is 3. The molecular formula is C25H22F4N4O3. The van der Waals surface area contributed by atoms with Gasteiger partial charge in [-0.1, -0.05) is 6.07 Å². The van der Waals surface area contributed by atoms with Crippen LogP contribution < -0.4 is 15.8 Å². The molecule has 11 heteroatoms. The van der Waals surface area contributed by atoms with Crippen molar-refractivity contribution in [1.82, 2.24) is 9.55 Å². The summed E-state index contributed by atoms with van der Waals surface area (Å²) in [5, 5.41) is 2.45. The normalized spacial score (nSPS) is 17.4. The first-order valence-corrected chi connectivity index (χ1v) is 11.4. The fourth-order valence-electron chi connectivity index (χ4n) is 4.70. The first kappa shape index (κ1) is 24.0. The molecular weight excluding hydrogens is 480 g/mol. The Kier molecular flexibility index (Phi) is 6.03. The lowest BCUT2D eigenvalue weighted by atomic mass is 9.99. The zero-order chi connectivity index (χ0) is 25.6. The minimum atomic E-state index is -5.03. The first-order chi connectivity index (χ1) is 17.1. The molecule has 0 unspecified atom stereocenters. The van der Waals surface area contributed by atoms with E-state index in [1.807, 2.05) is 13.0 Å². The standard InChI is InChI=1S/C25H22F4N4O3/c1-14-2-3-16(31-24(35)18-4-6-30-23(22(18)26)25(27,28)29)12-19(14)15-10-20-32-8-9-36-13-17(32)5-7-33(20)21(34)11-15/h2-4,6,10-12,17H,5,7-9,13H2,1H3,(H,31,35)/t17-/m0/s1. The lowest BCUT2D eigenvalue weighted by molar-refractivity contribution is -0.143. The Labute approximate surface area is 203 Å². The number of halogens is 4. The number of morpholine rings is 1. The number of nitrogens with one attached hydrogen (secondary N) is 1. The van der Waals surface area contributed by atoms with Crippen LogP contribution in [0.1, 0.15) is 28.0 Å². The van der Waals surface area contributed by atoms with Crippen LogP contribution in [0.4, 0.5) is 29.1 Å². The Morgan fingerprint density at radius 2 is 1.97 bits per heavy atom. The minimum absolute atomic E-state index is 0.153. The van der Waals surface area contributed by atoms with Crippen molar-refractivity contribution in [1.29, 1.82) is 0 Å². The Bertz CT molecular complexity index is 1400. The molecule has 1 N–H and O–H groups in total. The van der Waals surface area contributed by atoms with E-state index in [1.54, 1.807) is 22.8 Å². The number of rotatable bonds is 3. The Hall–Kier alpha value is -3.73. The second-order valence-electron chi connectivity index (χ2n) is 8.81. The molecule has 4 heterocycles. The number of ether oxygens (including phenoxy) is 1. The molecule has 1 aromatic carbocycles. The van der Waals surface area contributed by atoms with Gasteiger partial charge in [0.15, 0.2) is 11.5 Å². The third kappa shape index (κ3) is 4.34. The van der Waals surface area contributed by atoms with E-state index in [9.17, 15) is 27.2 Å². The van der Waals surface area contributed by atoms with Gasteiger partial charge in [-0.3, -0.25) is 14.2 Å². The number of anilines is 2. The van der Waals surface area contributed by atoms with Crippen LogP contribution in [0.2, 0.25) is 0 Å². The van der Waals surface area contributed by atoms with Gasteiger partial charge in [-0.05, 0) is 54.3 Å². The van der Waals surface area contributed by atoms with E-state index in [-0.39, 0.29) is 17.3 Å². The molecule has 36 heavy (non-hydrogen) atoms. The number of benzene rings is 1. The van der Waals surface area contributed by atoms with Gasteiger partial charge in [0.1, 0.15) is 5.82 Å². The SMILES string of the molecule is Cc1ccc(NC(=O)c2ccnc(C(F)(F)F)c2F)cc1-c1cc2n(c(=O)c1)CC[C@H]1COCCN21. The number of aromatic nitrogens is 2. The molecule has 0 aliphatic carbocycles. The summed E-state index contributed by atoms with van der Waals surface area (Å²) in [6.07, 6.45) is -3.48. The molecule has 188 valence electrons. The highest BCUT2D eigenvalue weighted by Crippen LogP contribution is 2.33. The van der Waals surface area contributed by atoms with Crippen LogP contribution in [0.3, 0.4) is 0 Å². The Morgan fingerprint density at radius 1 is 1.17 bits per heavy atom. The van der Waals surface area contributed by atoms with E-state index in [2.05, 4.69) is 15.2 Å². The number of pyridine rings is 2. The van der Waals surface area contributed by atoms with Gasteiger partial charge in [-0.2, -0.15) is 13.2 Å². The second-order valence-corrected chi connectivity index (χ2v) is 8.81. The summed E-state index contributed by atoms with van der Waals surface area (Å²) in [6, 6.07) is 9.41. The van der Waals surface area contributed by atoms with Crippen molar-refractivity contribution in [2.75, 3.05) is 30.0 Å². The van der Waals surface area contributed by atoms with E-state index in [1.165, 1.54) is 6.07 Å². The molecule has 0 saturated carbocycles. The molecule has 1 saturated heterocycles. The van der Waals surface area contributed by atoms with Crippen molar-refractivity contribution in [2.45, 2.75) is 32.1 Å². The summed E-state index contributed by atoms with van der Waals surface area (Å²) in [5.41, 5.74) is -0.315. The summed E-state index contributed by atoms with van der Waals surface area (Å²) < 4.78 is 60.7. The molecule has 5 rings (SSSR count). The van der Waals surface area contributed by atoms with Gasteiger partial charge in [0.05, 0.1) is 24.8 Å². The minimum Gasteiger partial charge on any atom is -0.377 e. The van der Waals surface area contributed by atoms with Crippen LogP contribution in [0.25, 0.3) is 11.1 Å². The molecule has 7 nitrogen and oxygen atoms in total. The van der Waals surface area contributed by atoms with Crippen LogP contribution in [0.15, 0.2) is 47.4 Å². The van der Waals surface area contributed by atoms with Crippen molar-refractivity contribution in [2.24, 2.45) is 0 Å². The zero-order valence-corrected chi connectivity index (χ0v) is 19.2. The molecule has 0 bridgehead atoms. The maximum atomic E-state index is 14.4. The van der Waals surface area contributed by atoms with Crippen molar-refractivity contribution in [3.63, 3.8) is 0 Å². The third-order valence-corrected chi connectivity index (χ3v) is 6.52. The molecule has 2 aliphatic rings. The predicted molar refractivity (Wildman–Crippen MR) is 125 cm³/mol. The highest BCUT2D eigenvalue weighted by Gasteiger charge is 2.38. The molecule has 0 radical (unpaired) electrons. The number of amides is 1. The quantitative estimate of drug-likeness (QED) is 0.543. The number of fused-ring (bicyclic) bond motifs is 3. The maximum Gasteiger partial charge on any atom is 0.436 e. The van der Waals surface area contributed by atoms with E-state index >= 15 is 0 Å². The van der Waals surface area contributed by atoms with E-state index in [4.69, 9.17) is 4.74 Å². The Morgan fingerprint density at radius 3 is 2.75 bits per heavy atom. The molecule has 2 aliphatic heterocycles. The summed E-state index contributed by atoms with van der Waals surface area (Å²) in [6.45, 7) is 4.26. The summed E-state index contributed by atoms with van der Waals surface area (Å²) in [4.78, 5) is 30.8. The second kappa shape index (κ2) is 9.05. The molecule has 1 fully saturated rings. The highest BCUT2D eigenvalue weighted by molar-refractivity contribution is 6.04. The van der Waals surface area contributed by atoms with Crippen LogP contribution >= 0.6 is 0 Å². The third-order valence-electron chi connectivity index (χ3n) is 6.52. The topological polar surface area (TPSA) is 76.5 Å². The monoisotopic (exact) mass is 502 g/mol. The summed E-state index contributed by atoms with van der Waals surface area (Å²) >= 11 is 0. The highest BCUT2D eigenvalue weighted by atomic mass is 19.4. The smallest absolute Gasteiger partial charge is 0.377 e. The fraction of sp³-hybridized carbons (Fsp3) is 0.320. The number of aryl methyl sites for hydroxylation is 1. The lowest BCUT2D eigenvalue weighted by Gasteiger charge is -2.42. The van der Waals surface area contributed by atoms with Crippen LogP contribution in [0.5, 0.6) is 0 Å². The molecule has 1 atom stereocenters. The molecule has 0 spiro atoms. The predicted octanol–water partition coefficient (Wildman–Crippen LogP) is 4.24. The van der Waals surface area contributed by atoms with Gasteiger partial charge in [0, 0.05) is 31.0 Å². The van der Waals surface area contributed by atoms with Gasteiger partial charge in [0.2, 0.25) is 0 Å². The van der Waals surface area contributed by atoms with Gasteiger partial charge >= 0.3 is 6.18 Å². The van der Waals surface area contributed by atoms with Gasteiger partial charge in [-0.25, -0.2) is 9.37 Å². The molecule has 2 aromatic heterocycles. The number of carbonyl (C=O) groups is 1. The van der Waals surface area contributed by atoms with E-state index < -0.39 is 29.2 Å². The summed E-state index contributed by atoms with van der Waals surface area (Å²) in [5.74, 6) is -1.99. The van der Waals surface area contributed by atoms with Crippen molar-refractivity contribution in [3.05, 3.63) is 75.6 Å². The number of hydrogen-bond donors (Lipinski definition) is 1. The number of carbonyl (C=O) groups excluding carboxylic acids is 1. The van der Waals surface area contributed by atoms with Crippen LogP contribution in [-0.4, -0.2) is 41.3 Å². The van der Waals surface area contributed by atoms with Gasteiger partial charge in [-0.15, -0.1) is 0 Å². The lowest BCUT2D eigenvalue weighted by Crippen LogP contribution is -2.51. The van der Waals surface area contributed by atoms with E-state index in [0.717, 1.165) is 30.1 Å². The van der Waals surface area contributed by atoms with Crippen LogP contribution in [-0.2, 0) is 17.5 Å². The van der Waals surface area contributed by atoms with Gasteiger partial charge in [0.25, 0.3) is 11.5 Å². The van der Waals surface area contributed by atoms with Gasteiger partial charge < -0.3 is 15.0 Å². The number of hydrogen-bond acceptors (Lipinski definition) is 5. The van der Waals surface area contributed by atoms with Crippen molar-refractivity contribution in [3.8, 4) is 11.1 Å². The Balaban J connectivity index is 1.48. The summed E-state index contributed by atoms with van der Waals surface area (Å²) in [7, 11) is 0. The largest absolute Gasteiger partial charge is 0.436 e. The van der Waals surface area contributed by atoms with E-state index in [0.29, 0.717) is 37.4 Å². The fourth-order valence-corrected chi connectivity index (χ4v) is 4.70. The molecule has 1 amide bonds. The molecule has 3 aromatic rings. The zero-order valence-electron chi connectivity index (χ0n) is 19.2. The van der Waals surface area contributed by atoms with Crippen molar-refractivity contribution >= 4 is 17.4 Å². The maximum absolute atomic E-state index is 14.4. The van der Waals surface area contributed by atoms with Crippen LogP contribution in [0, 0.1) is 12.7 Å². The van der Waals surface area contributed by atoms with Crippen molar-refractivity contribution < 1.29 is 27.1 Å². The first-order valence-electron chi connectivity index (χ1n) is 11.4. The average Bonchev–Trinajstić information content (AvgIpc) is 2.84. The average molecular weight is 502 g/mol.